The van der Waals surface area contributed by atoms with E-state index in [2.05, 4.69) is 16.8 Å². The minimum atomic E-state index is 0.0525. The summed E-state index contributed by atoms with van der Waals surface area (Å²) in [7, 11) is 1.66. The molecule has 5 heteroatoms. The molecule has 0 radical (unpaired) electrons. The highest BCUT2D eigenvalue weighted by molar-refractivity contribution is 7.10. The molecule has 1 amide bonds. The quantitative estimate of drug-likeness (QED) is 0.824. The first-order chi connectivity index (χ1) is 10.6. The highest BCUT2D eigenvalue weighted by atomic mass is 32.1. The molecule has 0 aliphatic heterocycles. The summed E-state index contributed by atoms with van der Waals surface area (Å²) in [6.45, 7) is 2.48. The fourth-order valence-corrected chi connectivity index (χ4v) is 2.87. The summed E-state index contributed by atoms with van der Waals surface area (Å²) in [6.07, 6.45) is 1.20. The van der Waals surface area contributed by atoms with E-state index < -0.39 is 0 Å². The summed E-state index contributed by atoms with van der Waals surface area (Å²) in [5.41, 5.74) is 7.95. The molecule has 1 atom stereocenters. The first kappa shape index (κ1) is 16.5. The van der Waals surface area contributed by atoms with Gasteiger partial charge in [-0.25, -0.2) is 0 Å². The Labute approximate surface area is 135 Å². The van der Waals surface area contributed by atoms with Crippen LogP contribution in [0.4, 0.5) is 0 Å². The standard InChI is InChI=1S/C17H22N2O2S/c1-12(18)3-8-17(20)19-10-16-9-14(11-22-16)13-4-6-15(21-2)7-5-13/h4-7,9,11-12H,3,8,10,18H2,1-2H3,(H,19,20). The third-order valence-corrected chi connectivity index (χ3v) is 4.30. The number of hydrogen-bond donors (Lipinski definition) is 2. The van der Waals surface area contributed by atoms with Crippen molar-refractivity contribution in [1.82, 2.24) is 5.32 Å². The average Bonchev–Trinajstić information content (AvgIpc) is 3.00. The summed E-state index contributed by atoms with van der Waals surface area (Å²) in [5, 5.41) is 5.04. The van der Waals surface area contributed by atoms with Gasteiger partial charge in [-0.15, -0.1) is 11.3 Å². The molecular formula is C17H22N2O2S. The van der Waals surface area contributed by atoms with Crippen LogP contribution in [0.3, 0.4) is 0 Å². The molecule has 4 nitrogen and oxygen atoms in total. The molecule has 2 rings (SSSR count). The Balaban J connectivity index is 1.89. The molecule has 0 fully saturated rings. The van der Waals surface area contributed by atoms with Gasteiger partial charge in [0.1, 0.15) is 5.75 Å². The molecule has 1 unspecified atom stereocenters. The Hall–Kier alpha value is -1.85. The van der Waals surface area contributed by atoms with Crippen molar-refractivity contribution in [3.05, 3.63) is 40.6 Å². The second kappa shape index (κ2) is 7.96. The van der Waals surface area contributed by atoms with Crippen molar-refractivity contribution in [2.45, 2.75) is 32.4 Å². The molecule has 22 heavy (non-hydrogen) atoms. The monoisotopic (exact) mass is 318 g/mol. The first-order valence-electron chi connectivity index (χ1n) is 7.32. The van der Waals surface area contributed by atoms with Crippen LogP contribution >= 0.6 is 11.3 Å². The lowest BCUT2D eigenvalue weighted by molar-refractivity contribution is -0.121. The number of benzene rings is 1. The zero-order chi connectivity index (χ0) is 15.9. The van der Waals surface area contributed by atoms with Crippen molar-refractivity contribution in [1.29, 1.82) is 0 Å². The number of carbonyl (C=O) groups excluding carboxylic acids is 1. The summed E-state index contributed by atoms with van der Waals surface area (Å²) >= 11 is 1.65. The third kappa shape index (κ3) is 4.86. The van der Waals surface area contributed by atoms with Gasteiger partial charge in [0.2, 0.25) is 5.91 Å². The Kier molecular flexibility index (Phi) is 5.98. The lowest BCUT2D eigenvalue weighted by Gasteiger charge is -2.05. The number of hydrogen-bond acceptors (Lipinski definition) is 4. The number of thiophene rings is 1. The van der Waals surface area contributed by atoms with Gasteiger partial charge >= 0.3 is 0 Å². The normalized spacial score (nSPS) is 12.0. The van der Waals surface area contributed by atoms with Gasteiger partial charge in [0, 0.05) is 17.3 Å². The predicted molar refractivity (Wildman–Crippen MR) is 91.0 cm³/mol. The molecule has 118 valence electrons. The lowest BCUT2D eigenvalue weighted by Crippen LogP contribution is -2.25. The molecule has 3 N–H and O–H groups in total. The topological polar surface area (TPSA) is 64.3 Å². The number of nitrogens with two attached hydrogens (primary N) is 1. The van der Waals surface area contributed by atoms with Crippen LogP contribution in [-0.2, 0) is 11.3 Å². The summed E-state index contributed by atoms with van der Waals surface area (Å²) in [6, 6.07) is 10.1. The van der Waals surface area contributed by atoms with E-state index in [1.807, 2.05) is 31.2 Å². The number of amides is 1. The van der Waals surface area contributed by atoms with E-state index in [1.165, 1.54) is 0 Å². The zero-order valence-electron chi connectivity index (χ0n) is 13.0. The van der Waals surface area contributed by atoms with Crippen molar-refractivity contribution in [3.63, 3.8) is 0 Å². The van der Waals surface area contributed by atoms with Crippen molar-refractivity contribution in [3.8, 4) is 16.9 Å². The molecule has 0 saturated heterocycles. The minimum absolute atomic E-state index is 0.0525. The lowest BCUT2D eigenvalue weighted by atomic mass is 10.1. The second-order valence-electron chi connectivity index (χ2n) is 5.32. The molecule has 0 aliphatic carbocycles. The Morgan fingerprint density at radius 1 is 1.32 bits per heavy atom. The maximum absolute atomic E-state index is 11.7. The van der Waals surface area contributed by atoms with Crippen LogP contribution < -0.4 is 15.8 Å². The van der Waals surface area contributed by atoms with Crippen molar-refractivity contribution >= 4 is 17.2 Å². The SMILES string of the molecule is COc1ccc(-c2csc(CNC(=O)CCC(C)N)c2)cc1. The van der Waals surface area contributed by atoms with Crippen molar-refractivity contribution in [2.75, 3.05) is 7.11 Å². The largest absolute Gasteiger partial charge is 0.497 e. The van der Waals surface area contributed by atoms with Crippen LogP contribution in [0.5, 0.6) is 5.75 Å². The van der Waals surface area contributed by atoms with E-state index in [1.54, 1.807) is 18.4 Å². The maximum Gasteiger partial charge on any atom is 0.220 e. The van der Waals surface area contributed by atoms with Gasteiger partial charge in [-0.1, -0.05) is 12.1 Å². The van der Waals surface area contributed by atoms with Crippen LogP contribution in [0.25, 0.3) is 11.1 Å². The first-order valence-corrected chi connectivity index (χ1v) is 8.20. The molecule has 1 aromatic carbocycles. The second-order valence-corrected chi connectivity index (χ2v) is 6.32. The smallest absolute Gasteiger partial charge is 0.220 e. The van der Waals surface area contributed by atoms with Gasteiger partial charge in [0.15, 0.2) is 0 Å². The summed E-state index contributed by atoms with van der Waals surface area (Å²) < 4.78 is 5.16. The predicted octanol–water partition coefficient (Wildman–Crippen LogP) is 3.17. The number of rotatable bonds is 7. The average molecular weight is 318 g/mol. The van der Waals surface area contributed by atoms with E-state index in [0.717, 1.165) is 21.8 Å². The molecule has 0 bridgehead atoms. The molecule has 0 spiro atoms. The van der Waals surface area contributed by atoms with Gasteiger partial charge in [-0.2, -0.15) is 0 Å². The van der Waals surface area contributed by atoms with Crippen molar-refractivity contribution in [2.24, 2.45) is 5.73 Å². The number of ether oxygens (including phenoxy) is 1. The Morgan fingerprint density at radius 3 is 2.68 bits per heavy atom. The van der Waals surface area contributed by atoms with Crippen LogP contribution in [0.2, 0.25) is 0 Å². The van der Waals surface area contributed by atoms with E-state index in [0.29, 0.717) is 19.4 Å². The Morgan fingerprint density at radius 2 is 2.05 bits per heavy atom. The fraction of sp³-hybridized carbons (Fsp3) is 0.353. The number of methoxy groups -OCH3 is 1. The van der Waals surface area contributed by atoms with E-state index in [4.69, 9.17) is 10.5 Å². The third-order valence-electron chi connectivity index (χ3n) is 3.36. The van der Waals surface area contributed by atoms with E-state index in [9.17, 15) is 4.79 Å². The fourth-order valence-electron chi connectivity index (χ4n) is 2.04. The number of nitrogens with one attached hydrogen (secondary N) is 1. The van der Waals surface area contributed by atoms with Gasteiger partial charge in [-0.3, -0.25) is 4.79 Å². The van der Waals surface area contributed by atoms with Crippen LogP contribution in [0, 0.1) is 0 Å². The number of carbonyl (C=O) groups is 1. The minimum Gasteiger partial charge on any atom is -0.497 e. The van der Waals surface area contributed by atoms with E-state index >= 15 is 0 Å². The van der Waals surface area contributed by atoms with Crippen LogP contribution in [0.15, 0.2) is 35.7 Å². The molecule has 0 aliphatic rings. The zero-order valence-corrected chi connectivity index (χ0v) is 13.8. The van der Waals surface area contributed by atoms with Crippen LogP contribution in [0.1, 0.15) is 24.6 Å². The highest BCUT2D eigenvalue weighted by Crippen LogP contribution is 2.27. The summed E-state index contributed by atoms with van der Waals surface area (Å²) in [4.78, 5) is 12.8. The summed E-state index contributed by atoms with van der Waals surface area (Å²) in [5.74, 6) is 0.900. The molecule has 1 heterocycles. The molecule has 2 aromatic rings. The molecule has 0 saturated carbocycles. The van der Waals surface area contributed by atoms with Crippen molar-refractivity contribution < 1.29 is 9.53 Å². The molecule has 1 aromatic heterocycles. The van der Waals surface area contributed by atoms with Gasteiger partial charge < -0.3 is 15.8 Å². The Bertz CT molecular complexity index is 605. The van der Waals surface area contributed by atoms with Gasteiger partial charge in [-0.05, 0) is 48.1 Å². The highest BCUT2D eigenvalue weighted by Gasteiger charge is 2.06. The van der Waals surface area contributed by atoms with Gasteiger partial charge in [0.05, 0.1) is 13.7 Å². The van der Waals surface area contributed by atoms with E-state index in [-0.39, 0.29) is 11.9 Å². The maximum atomic E-state index is 11.7. The van der Waals surface area contributed by atoms with Gasteiger partial charge in [0.25, 0.3) is 0 Å². The molecular weight excluding hydrogens is 296 g/mol. The van der Waals surface area contributed by atoms with Crippen LogP contribution in [-0.4, -0.2) is 19.1 Å².